The first-order valence-electron chi connectivity index (χ1n) is 6.34. The fraction of sp³-hybridized carbons (Fsp3) is 0.286. The quantitative estimate of drug-likeness (QED) is 0.853. The molecule has 0 spiro atoms. The molecule has 1 N–H and O–H groups in total. The van der Waals surface area contributed by atoms with Gasteiger partial charge in [-0.2, -0.15) is 0 Å². The number of anilines is 1. The number of nitrogens with one attached hydrogen (secondary N) is 1. The van der Waals surface area contributed by atoms with Crippen LogP contribution in [0.3, 0.4) is 0 Å². The summed E-state index contributed by atoms with van der Waals surface area (Å²) in [6, 6.07) is 9.13. The molecule has 0 radical (unpaired) electrons. The largest absolute Gasteiger partial charge is 0.315 e. The van der Waals surface area contributed by atoms with Crippen LogP contribution in [0, 0.1) is 6.92 Å². The lowest BCUT2D eigenvalue weighted by Gasteiger charge is -2.19. The van der Waals surface area contributed by atoms with Crippen LogP contribution in [0.15, 0.2) is 39.0 Å². The summed E-state index contributed by atoms with van der Waals surface area (Å²) in [5.41, 5.74) is 1.74. The highest BCUT2D eigenvalue weighted by atomic mass is 79.9. The summed E-state index contributed by atoms with van der Waals surface area (Å²) in [5, 5.41) is 3.02. The first-order chi connectivity index (χ1) is 9.86. The zero-order chi connectivity index (χ0) is 15.6. The number of hydrogen-bond acceptors (Lipinski definition) is 4. The first kappa shape index (κ1) is 16.5. The number of benzene rings is 1. The third-order valence-electron chi connectivity index (χ3n) is 3.09. The normalized spacial score (nSPS) is 11.6. The van der Waals surface area contributed by atoms with Crippen molar-refractivity contribution >= 4 is 43.0 Å². The van der Waals surface area contributed by atoms with Crippen LogP contribution in [-0.2, 0) is 16.6 Å². The van der Waals surface area contributed by atoms with Crippen LogP contribution in [-0.4, -0.2) is 22.5 Å². The average molecular weight is 389 g/mol. The SMILES string of the molecule is CNCc1cc(S(=O)(=O)N(C)c2ccc(C)cc2)c(Br)s1. The minimum absolute atomic E-state index is 0.306. The Morgan fingerprint density at radius 1 is 1.29 bits per heavy atom. The molecule has 0 aliphatic rings. The van der Waals surface area contributed by atoms with Gasteiger partial charge in [0.1, 0.15) is 4.90 Å². The van der Waals surface area contributed by atoms with Crippen molar-refractivity contribution in [2.45, 2.75) is 18.4 Å². The Balaban J connectivity index is 2.39. The molecule has 2 aromatic rings. The number of halogens is 1. The van der Waals surface area contributed by atoms with E-state index in [1.807, 2.05) is 38.2 Å². The summed E-state index contributed by atoms with van der Waals surface area (Å²) in [7, 11) is -0.159. The molecule has 1 aromatic carbocycles. The second-order valence-corrected chi connectivity index (χ2v) is 9.08. The van der Waals surface area contributed by atoms with Crippen molar-refractivity contribution in [3.8, 4) is 0 Å². The lowest BCUT2D eigenvalue weighted by Crippen LogP contribution is -2.26. The van der Waals surface area contributed by atoms with E-state index in [1.165, 1.54) is 15.6 Å². The topological polar surface area (TPSA) is 49.4 Å². The molecular formula is C14H17BrN2O2S2. The third-order valence-corrected chi connectivity index (χ3v) is 7.13. The molecule has 21 heavy (non-hydrogen) atoms. The minimum atomic E-state index is -3.56. The van der Waals surface area contributed by atoms with Gasteiger partial charge in [0.25, 0.3) is 10.0 Å². The van der Waals surface area contributed by atoms with Gasteiger partial charge in [0, 0.05) is 18.5 Å². The van der Waals surface area contributed by atoms with Gasteiger partial charge in [-0.1, -0.05) is 17.7 Å². The highest BCUT2D eigenvalue weighted by Crippen LogP contribution is 2.34. The van der Waals surface area contributed by atoms with Gasteiger partial charge >= 0.3 is 0 Å². The van der Waals surface area contributed by atoms with E-state index < -0.39 is 10.0 Å². The van der Waals surface area contributed by atoms with E-state index in [9.17, 15) is 8.42 Å². The average Bonchev–Trinajstić information content (AvgIpc) is 2.81. The van der Waals surface area contributed by atoms with Crippen molar-refractivity contribution in [1.29, 1.82) is 0 Å². The zero-order valence-electron chi connectivity index (χ0n) is 12.1. The number of hydrogen-bond donors (Lipinski definition) is 1. The predicted molar refractivity (Wildman–Crippen MR) is 91.6 cm³/mol. The van der Waals surface area contributed by atoms with Gasteiger partial charge in [-0.15, -0.1) is 11.3 Å². The molecule has 0 saturated heterocycles. The van der Waals surface area contributed by atoms with Gasteiger partial charge in [0.05, 0.1) is 9.47 Å². The van der Waals surface area contributed by atoms with Crippen LogP contribution >= 0.6 is 27.3 Å². The highest BCUT2D eigenvalue weighted by Gasteiger charge is 2.26. The Morgan fingerprint density at radius 3 is 2.48 bits per heavy atom. The highest BCUT2D eigenvalue weighted by molar-refractivity contribution is 9.11. The maximum Gasteiger partial charge on any atom is 0.266 e. The van der Waals surface area contributed by atoms with Crippen LogP contribution in [0.4, 0.5) is 5.69 Å². The van der Waals surface area contributed by atoms with E-state index in [2.05, 4.69) is 21.2 Å². The van der Waals surface area contributed by atoms with Gasteiger partial charge in [0.2, 0.25) is 0 Å². The van der Waals surface area contributed by atoms with E-state index in [0.717, 1.165) is 10.4 Å². The molecule has 7 heteroatoms. The van der Waals surface area contributed by atoms with Crippen molar-refractivity contribution in [1.82, 2.24) is 5.32 Å². The lowest BCUT2D eigenvalue weighted by atomic mass is 10.2. The summed E-state index contributed by atoms with van der Waals surface area (Å²) >= 11 is 4.79. The molecule has 1 heterocycles. The van der Waals surface area contributed by atoms with E-state index in [0.29, 0.717) is 20.9 Å². The van der Waals surface area contributed by atoms with Crippen molar-refractivity contribution in [2.24, 2.45) is 0 Å². The zero-order valence-corrected chi connectivity index (χ0v) is 15.3. The Kier molecular flexibility index (Phi) is 5.08. The van der Waals surface area contributed by atoms with Crippen molar-refractivity contribution in [2.75, 3.05) is 18.4 Å². The number of nitrogens with zero attached hydrogens (tertiary/aromatic N) is 1. The maximum atomic E-state index is 12.7. The number of thiophene rings is 1. The molecule has 0 aliphatic heterocycles. The van der Waals surface area contributed by atoms with Crippen LogP contribution in [0.2, 0.25) is 0 Å². The molecule has 0 saturated carbocycles. The molecule has 1 aromatic heterocycles. The lowest BCUT2D eigenvalue weighted by molar-refractivity contribution is 0.594. The molecule has 2 rings (SSSR count). The Labute approximate surface area is 138 Å². The van der Waals surface area contributed by atoms with Gasteiger partial charge < -0.3 is 5.32 Å². The number of rotatable bonds is 5. The Hall–Kier alpha value is -0.890. The summed E-state index contributed by atoms with van der Waals surface area (Å²) in [5.74, 6) is 0. The predicted octanol–water partition coefficient (Wildman–Crippen LogP) is 3.36. The fourth-order valence-corrected chi connectivity index (χ4v) is 5.71. The number of aryl methyl sites for hydroxylation is 1. The van der Waals surface area contributed by atoms with Gasteiger partial charge in [-0.3, -0.25) is 4.31 Å². The minimum Gasteiger partial charge on any atom is -0.315 e. The van der Waals surface area contributed by atoms with Crippen LogP contribution in [0.1, 0.15) is 10.4 Å². The van der Waals surface area contributed by atoms with Crippen molar-refractivity contribution in [3.63, 3.8) is 0 Å². The number of sulfonamides is 1. The van der Waals surface area contributed by atoms with Crippen LogP contribution < -0.4 is 9.62 Å². The van der Waals surface area contributed by atoms with Crippen molar-refractivity contribution in [3.05, 3.63) is 44.6 Å². The van der Waals surface area contributed by atoms with Crippen molar-refractivity contribution < 1.29 is 8.42 Å². The summed E-state index contributed by atoms with van der Waals surface area (Å²) in [4.78, 5) is 1.28. The molecule has 0 aliphatic carbocycles. The molecule has 0 fully saturated rings. The van der Waals surface area contributed by atoms with Crippen LogP contribution in [0.5, 0.6) is 0 Å². The summed E-state index contributed by atoms with van der Waals surface area (Å²) in [6.07, 6.45) is 0. The van der Waals surface area contributed by atoms with Gasteiger partial charge in [-0.05, 0) is 48.1 Å². The molecule has 114 valence electrons. The van der Waals surface area contributed by atoms with E-state index in [4.69, 9.17) is 0 Å². The summed E-state index contributed by atoms with van der Waals surface area (Å²) in [6.45, 7) is 2.62. The molecule has 0 bridgehead atoms. The second kappa shape index (κ2) is 6.48. The third kappa shape index (κ3) is 3.48. The van der Waals surface area contributed by atoms with Gasteiger partial charge in [0.15, 0.2) is 0 Å². The monoisotopic (exact) mass is 388 g/mol. The van der Waals surface area contributed by atoms with E-state index in [1.54, 1.807) is 13.1 Å². The van der Waals surface area contributed by atoms with E-state index in [-0.39, 0.29) is 0 Å². The van der Waals surface area contributed by atoms with Crippen LogP contribution in [0.25, 0.3) is 0 Å². The maximum absolute atomic E-state index is 12.7. The molecule has 4 nitrogen and oxygen atoms in total. The molecule has 0 atom stereocenters. The summed E-state index contributed by atoms with van der Waals surface area (Å²) < 4.78 is 27.4. The second-order valence-electron chi connectivity index (χ2n) is 4.69. The molecular weight excluding hydrogens is 372 g/mol. The molecule has 0 amide bonds. The van der Waals surface area contributed by atoms with Gasteiger partial charge in [-0.25, -0.2) is 8.42 Å². The first-order valence-corrected chi connectivity index (χ1v) is 9.39. The molecule has 0 unspecified atom stereocenters. The fourth-order valence-electron chi connectivity index (χ4n) is 1.88. The Bertz CT molecular complexity index is 724. The smallest absolute Gasteiger partial charge is 0.266 e. The Morgan fingerprint density at radius 2 is 1.90 bits per heavy atom. The van der Waals surface area contributed by atoms with E-state index >= 15 is 0 Å². The standard InChI is InChI=1S/C14H17BrN2O2S2/c1-10-4-6-11(7-5-10)17(3)21(18,19)13-8-12(9-16-2)20-14(13)15/h4-8,16H,9H2,1-3H3.